The molecule has 0 unspecified atom stereocenters. The lowest BCUT2D eigenvalue weighted by molar-refractivity contribution is 0.0965. The van der Waals surface area contributed by atoms with Gasteiger partial charge in [0.25, 0.3) is 0 Å². The zero-order chi connectivity index (χ0) is 13.0. The number of halogens is 1. The molecule has 100 valence electrons. The molecule has 4 heteroatoms. The maximum Gasteiger partial charge on any atom is 0.120 e. The van der Waals surface area contributed by atoms with Crippen molar-refractivity contribution in [1.82, 2.24) is 4.90 Å². The first-order valence-electron chi connectivity index (χ1n) is 6.37. The number of benzene rings is 1. The van der Waals surface area contributed by atoms with E-state index in [4.69, 9.17) is 16.3 Å². The highest BCUT2D eigenvalue weighted by atomic mass is 35.5. The largest absolute Gasteiger partial charge is 0.508 e. The highest BCUT2D eigenvalue weighted by molar-refractivity contribution is 6.30. The summed E-state index contributed by atoms with van der Waals surface area (Å²) in [7, 11) is 1.76. The first-order chi connectivity index (χ1) is 8.69. The van der Waals surface area contributed by atoms with Crippen LogP contribution in [0.1, 0.15) is 18.4 Å². The van der Waals surface area contributed by atoms with Crippen LogP contribution in [0.4, 0.5) is 0 Å². The highest BCUT2D eigenvalue weighted by Crippen LogP contribution is 2.25. The first kappa shape index (κ1) is 13.7. The summed E-state index contributed by atoms with van der Waals surface area (Å²) in [6, 6.07) is 5.22. The van der Waals surface area contributed by atoms with E-state index >= 15 is 0 Å². The number of phenols is 1. The Balaban J connectivity index is 1.89. The number of ether oxygens (including phenoxy) is 1. The van der Waals surface area contributed by atoms with Gasteiger partial charge in [-0.2, -0.15) is 0 Å². The molecule has 1 aliphatic heterocycles. The highest BCUT2D eigenvalue weighted by Gasteiger charge is 2.19. The maximum atomic E-state index is 9.80. The predicted octanol–water partition coefficient (Wildman–Crippen LogP) is 2.90. The monoisotopic (exact) mass is 269 g/mol. The molecule has 0 spiro atoms. The number of likely N-dealkylation sites (tertiary alicyclic amines) is 1. The lowest BCUT2D eigenvalue weighted by atomic mass is 9.97. The molecule has 0 bridgehead atoms. The van der Waals surface area contributed by atoms with Crippen LogP contribution in [0.2, 0.25) is 5.02 Å². The SMILES string of the molecule is COCC1CCN(Cc2cc(Cl)ccc2O)CC1. The molecule has 1 aromatic rings. The topological polar surface area (TPSA) is 32.7 Å². The predicted molar refractivity (Wildman–Crippen MR) is 73.0 cm³/mol. The van der Waals surface area contributed by atoms with Gasteiger partial charge in [0.2, 0.25) is 0 Å². The van der Waals surface area contributed by atoms with Gasteiger partial charge in [-0.25, -0.2) is 0 Å². The fourth-order valence-electron chi connectivity index (χ4n) is 2.47. The normalized spacial score (nSPS) is 18.1. The van der Waals surface area contributed by atoms with E-state index < -0.39 is 0 Å². The second kappa shape index (κ2) is 6.41. The minimum absolute atomic E-state index is 0.332. The number of hydrogen-bond donors (Lipinski definition) is 1. The zero-order valence-electron chi connectivity index (χ0n) is 10.7. The Hall–Kier alpha value is -0.770. The standard InChI is InChI=1S/C14H20ClNO2/c1-18-10-11-4-6-16(7-5-11)9-12-8-13(15)2-3-14(12)17/h2-3,8,11,17H,4-7,9-10H2,1H3. The Morgan fingerprint density at radius 3 is 2.78 bits per heavy atom. The molecule has 0 atom stereocenters. The van der Waals surface area contributed by atoms with Gasteiger partial charge in [-0.1, -0.05) is 11.6 Å². The molecule has 0 radical (unpaired) electrons. The van der Waals surface area contributed by atoms with Gasteiger partial charge in [-0.05, 0) is 50.0 Å². The second-order valence-electron chi connectivity index (χ2n) is 4.95. The molecule has 0 aliphatic carbocycles. The molecule has 0 aromatic heterocycles. The third-order valence-electron chi connectivity index (χ3n) is 3.55. The first-order valence-corrected chi connectivity index (χ1v) is 6.75. The van der Waals surface area contributed by atoms with Crippen LogP contribution >= 0.6 is 11.6 Å². The Morgan fingerprint density at radius 2 is 2.11 bits per heavy atom. The Labute approximate surface area is 113 Å². The second-order valence-corrected chi connectivity index (χ2v) is 5.38. The maximum absolute atomic E-state index is 9.80. The molecule has 3 nitrogen and oxygen atoms in total. The molecule has 1 aliphatic rings. The van der Waals surface area contributed by atoms with Crippen LogP contribution in [0, 0.1) is 5.92 Å². The van der Waals surface area contributed by atoms with E-state index in [-0.39, 0.29) is 0 Å². The minimum Gasteiger partial charge on any atom is -0.508 e. The van der Waals surface area contributed by atoms with E-state index in [1.807, 2.05) is 6.07 Å². The molecule has 0 saturated carbocycles. The van der Waals surface area contributed by atoms with Crippen molar-refractivity contribution in [2.75, 3.05) is 26.8 Å². The summed E-state index contributed by atoms with van der Waals surface area (Å²) in [5.74, 6) is 1.01. The molecule has 2 rings (SSSR count). The summed E-state index contributed by atoms with van der Waals surface area (Å²) < 4.78 is 5.19. The number of hydrogen-bond acceptors (Lipinski definition) is 3. The van der Waals surface area contributed by atoms with E-state index in [0.29, 0.717) is 16.7 Å². The molecule has 1 saturated heterocycles. The third-order valence-corrected chi connectivity index (χ3v) is 3.78. The fourth-order valence-corrected chi connectivity index (χ4v) is 2.66. The van der Waals surface area contributed by atoms with Crippen LogP contribution in [-0.4, -0.2) is 36.8 Å². The Bertz CT molecular complexity index is 389. The smallest absolute Gasteiger partial charge is 0.120 e. The van der Waals surface area contributed by atoms with Gasteiger partial charge in [0, 0.05) is 30.8 Å². The van der Waals surface area contributed by atoms with Gasteiger partial charge in [0.1, 0.15) is 5.75 Å². The number of aromatic hydroxyl groups is 1. The molecule has 1 fully saturated rings. The lowest BCUT2D eigenvalue weighted by Gasteiger charge is -2.31. The minimum atomic E-state index is 0.332. The van der Waals surface area contributed by atoms with Crippen LogP contribution < -0.4 is 0 Å². The zero-order valence-corrected chi connectivity index (χ0v) is 11.5. The van der Waals surface area contributed by atoms with Gasteiger partial charge < -0.3 is 9.84 Å². The van der Waals surface area contributed by atoms with Crippen molar-refractivity contribution in [1.29, 1.82) is 0 Å². The van der Waals surface area contributed by atoms with Crippen LogP contribution in [0.3, 0.4) is 0 Å². The Morgan fingerprint density at radius 1 is 1.39 bits per heavy atom. The van der Waals surface area contributed by atoms with E-state index in [1.165, 1.54) is 0 Å². The van der Waals surface area contributed by atoms with Crippen molar-refractivity contribution < 1.29 is 9.84 Å². The van der Waals surface area contributed by atoms with Gasteiger partial charge in [0.05, 0.1) is 0 Å². The van der Waals surface area contributed by atoms with Gasteiger partial charge in [-0.15, -0.1) is 0 Å². The van der Waals surface area contributed by atoms with Crippen LogP contribution in [0.5, 0.6) is 5.75 Å². The third kappa shape index (κ3) is 3.61. The van der Waals surface area contributed by atoms with E-state index in [2.05, 4.69) is 4.90 Å². The summed E-state index contributed by atoms with van der Waals surface area (Å²) in [5, 5.41) is 10.5. The average Bonchev–Trinajstić information content (AvgIpc) is 2.37. The van der Waals surface area contributed by atoms with Crippen LogP contribution in [0.15, 0.2) is 18.2 Å². The van der Waals surface area contributed by atoms with Crippen molar-refractivity contribution in [3.8, 4) is 5.75 Å². The van der Waals surface area contributed by atoms with Crippen LogP contribution in [-0.2, 0) is 11.3 Å². The van der Waals surface area contributed by atoms with E-state index in [1.54, 1.807) is 19.2 Å². The number of methoxy groups -OCH3 is 1. The van der Waals surface area contributed by atoms with Crippen LogP contribution in [0.25, 0.3) is 0 Å². The number of nitrogens with zero attached hydrogens (tertiary/aromatic N) is 1. The molecular weight excluding hydrogens is 250 g/mol. The molecule has 0 amide bonds. The summed E-state index contributed by atoms with van der Waals surface area (Å²) in [5.41, 5.74) is 0.910. The van der Waals surface area contributed by atoms with Crippen molar-refractivity contribution in [2.45, 2.75) is 19.4 Å². The fraction of sp³-hybridized carbons (Fsp3) is 0.571. The average molecular weight is 270 g/mol. The molecule has 1 heterocycles. The summed E-state index contributed by atoms with van der Waals surface area (Å²) >= 11 is 5.95. The molecule has 18 heavy (non-hydrogen) atoms. The summed E-state index contributed by atoms with van der Waals surface area (Å²) in [6.07, 6.45) is 2.32. The van der Waals surface area contributed by atoms with Gasteiger partial charge >= 0.3 is 0 Å². The van der Waals surface area contributed by atoms with Crippen molar-refractivity contribution in [3.05, 3.63) is 28.8 Å². The summed E-state index contributed by atoms with van der Waals surface area (Å²) in [6.45, 7) is 3.74. The van der Waals surface area contributed by atoms with Crippen molar-refractivity contribution >= 4 is 11.6 Å². The van der Waals surface area contributed by atoms with E-state index in [9.17, 15) is 5.11 Å². The molecular formula is C14H20ClNO2. The number of phenolic OH excluding ortho intramolecular Hbond substituents is 1. The van der Waals surface area contributed by atoms with Gasteiger partial charge in [-0.3, -0.25) is 4.90 Å². The number of rotatable bonds is 4. The lowest BCUT2D eigenvalue weighted by Crippen LogP contribution is -2.34. The van der Waals surface area contributed by atoms with Crippen molar-refractivity contribution in [3.63, 3.8) is 0 Å². The Kier molecular flexibility index (Phi) is 4.87. The van der Waals surface area contributed by atoms with Gasteiger partial charge in [0.15, 0.2) is 0 Å². The van der Waals surface area contributed by atoms with E-state index in [0.717, 1.165) is 44.6 Å². The molecule has 1 aromatic carbocycles. The quantitative estimate of drug-likeness (QED) is 0.912. The summed E-state index contributed by atoms with van der Waals surface area (Å²) in [4.78, 5) is 2.36. The number of piperidine rings is 1. The van der Waals surface area contributed by atoms with Crippen molar-refractivity contribution in [2.24, 2.45) is 5.92 Å². The molecule has 1 N–H and O–H groups in total.